The predicted molar refractivity (Wildman–Crippen MR) is 111 cm³/mol. The zero-order valence-electron chi connectivity index (χ0n) is 15.4. The Labute approximate surface area is 167 Å². The van der Waals surface area contributed by atoms with E-state index >= 15 is 0 Å². The van der Waals surface area contributed by atoms with Crippen LogP contribution in [0.15, 0.2) is 66.1 Å². The summed E-state index contributed by atoms with van der Waals surface area (Å²) in [4.78, 5) is 28.3. The maximum absolute atomic E-state index is 12.1. The second-order valence-electron chi connectivity index (χ2n) is 6.18. The fourth-order valence-electron chi connectivity index (χ4n) is 2.40. The van der Waals surface area contributed by atoms with Gasteiger partial charge in [-0.05, 0) is 30.7 Å². The van der Waals surface area contributed by atoms with E-state index in [0.717, 1.165) is 16.8 Å². The number of carbonyl (C=O) groups is 2. The van der Waals surface area contributed by atoms with Gasteiger partial charge in [0, 0.05) is 17.1 Å². The fourth-order valence-corrected chi connectivity index (χ4v) is 3.17. The molecule has 142 valence electrons. The molecule has 1 heterocycles. The molecule has 0 bridgehead atoms. The summed E-state index contributed by atoms with van der Waals surface area (Å²) >= 11 is 1.37. The van der Waals surface area contributed by atoms with E-state index < -0.39 is 5.97 Å². The first kappa shape index (κ1) is 19.5. The number of carbonyl (C=O) groups excluding carboxylic acids is 2. The minimum Gasteiger partial charge on any atom is -0.456 e. The van der Waals surface area contributed by atoms with Crippen molar-refractivity contribution in [2.75, 3.05) is 5.32 Å². The number of aromatic nitrogens is 1. The minimum absolute atomic E-state index is 0.0774. The maximum Gasteiger partial charge on any atom is 0.331 e. The van der Waals surface area contributed by atoms with E-state index in [1.807, 2.05) is 61.5 Å². The average molecular weight is 392 g/mol. The number of rotatable bonds is 7. The molecule has 6 heteroatoms. The SMILES string of the molecule is Cc1ccc(NC(=O)Cc2nc(COC(=O)/C=C/c3ccccc3)cs2)cc1. The second kappa shape index (κ2) is 9.62. The molecule has 2 aromatic carbocycles. The maximum atomic E-state index is 12.1. The third-order valence-corrected chi connectivity index (χ3v) is 4.72. The first-order valence-corrected chi connectivity index (χ1v) is 9.66. The lowest BCUT2D eigenvalue weighted by molar-refractivity contribution is -0.139. The molecule has 0 fully saturated rings. The van der Waals surface area contributed by atoms with Gasteiger partial charge in [-0.3, -0.25) is 4.79 Å². The van der Waals surface area contributed by atoms with Gasteiger partial charge in [-0.1, -0.05) is 48.0 Å². The van der Waals surface area contributed by atoms with Gasteiger partial charge in [0.2, 0.25) is 5.91 Å². The van der Waals surface area contributed by atoms with Crippen LogP contribution in [0.4, 0.5) is 5.69 Å². The molecule has 0 saturated carbocycles. The van der Waals surface area contributed by atoms with Crippen LogP contribution in [0.3, 0.4) is 0 Å². The Morgan fingerprint density at radius 3 is 2.61 bits per heavy atom. The van der Waals surface area contributed by atoms with E-state index in [1.165, 1.54) is 17.4 Å². The van der Waals surface area contributed by atoms with Gasteiger partial charge in [-0.15, -0.1) is 11.3 Å². The van der Waals surface area contributed by atoms with Crippen LogP contribution in [0.5, 0.6) is 0 Å². The van der Waals surface area contributed by atoms with Crippen LogP contribution in [-0.2, 0) is 27.4 Å². The molecule has 0 aliphatic carbocycles. The molecule has 0 aliphatic heterocycles. The van der Waals surface area contributed by atoms with Gasteiger partial charge in [0.15, 0.2) is 0 Å². The molecular formula is C22H20N2O3S. The third-order valence-electron chi connectivity index (χ3n) is 3.82. The molecule has 1 N–H and O–H groups in total. The summed E-state index contributed by atoms with van der Waals surface area (Å²) in [6.07, 6.45) is 3.27. The highest BCUT2D eigenvalue weighted by Crippen LogP contribution is 2.14. The van der Waals surface area contributed by atoms with Crippen LogP contribution < -0.4 is 5.32 Å². The molecular weight excluding hydrogens is 372 g/mol. The van der Waals surface area contributed by atoms with Crippen molar-refractivity contribution in [2.24, 2.45) is 0 Å². The molecule has 0 saturated heterocycles. The number of thiazole rings is 1. The third kappa shape index (κ3) is 6.17. The summed E-state index contributed by atoms with van der Waals surface area (Å²) in [5.74, 6) is -0.567. The lowest BCUT2D eigenvalue weighted by Gasteiger charge is -2.04. The first-order valence-electron chi connectivity index (χ1n) is 8.78. The molecule has 3 aromatic rings. The van der Waals surface area contributed by atoms with Crippen LogP contribution in [0.1, 0.15) is 21.8 Å². The number of aryl methyl sites for hydroxylation is 1. The zero-order chi connectivity index (χ0) is 19.8. The highest BCUT2D eigenvalue weighted by Gasteiger charge is 2.09. The molecule has 0 atom stereocenters. The molecule has 5 nitrogen and oxygen atoms in total. The molecule has 0 aliphatic rings. The number of benzene rings is 2. The Bertz CT molecular complexity index is 963. The van der Waals surface area contributed by atoms with Crippen molar-refractivity contribution in [1.29, 1.82) is 0 Å². The van der Waals surface area contributed by atoms with E-state index in [-0.39, 0.29) is 18.9 Å². The number of esters is 1. The molecule has 0 unspecified atom stereocenters. The molecule has 28 heavy (non-hydrogen) atoms. The van der Waals surface area contributed by atoms with E-state index in [2.05, 4.69) is 10.3 Å². The lowest BCUT2D eigenvalue weighted by Crippen LogP contribution is -2.14. The van der Waals surface area contributed by atoms with E-state index in [1.54, 1.807) is 11.5 Å². The Kier molecular flexibility index (Phi) is 6.70. The normalized spacial score (nSPS) is 10.8. The first-order chi connectivity index (χ1) is 13.6. The standard InChI is InChI=1S/C22H20N2O3S/c1-16-7-10-18(11-8-16)23-20(25)13-21-24-19(15-28-21)14-27-22(26)12-9-17-5-3-2-4-6-17/h2-12,15H,13-14H2,1H3,(H,23,25)/b12-9+. The monoisotopic (exact) mass is 392 g/mol. The van der Waals surface area contributed by atoms with Crippen molar-refractivity contribution < 1.29 is 14.3 Å². The minimum atomic E-state index is -0.435. The second-order valence-corrected chi connectivity index (χ2v) is 7.12. The predicted octanol–water partition coefficient (Wildman–Crippen LogP) is 4.39. The smallest absolute Gasteiger partial charge is 0.331 e. The van der Waals surface area contributed by atoms with E-state index in [4.69, 9.17) is 4.74 Å². The van der Waals surface area contributed by atoms with Crippen LogP contribution in [0, 0.1) is 6.92 Å². The van der Waals surface area contributed by atoms with Gasteiger partial charge in [0.05, 0.1) is 12.1 Å². The summed E-state index contributed by atoms with van der Waals surface area (Å²) in [6, 6.07) is 17.1. The molecule has 0 radical (unpaired) electrons. The number of amides is 1. The highest BCUT2D eigenvalue weighted by atomic mass is 32.1. The summed E-state index contributed by atoms with van der Waals surface area (Å²) in [7, 11) is 0. The summed E-state index contributed by atoms with van der Waals surface area (Å²) in [5, 5.41) is 5.31. The van der Waals surface area contributed by atoms with Crippen molar-refractivity contribution in [3.05, 3.63) is 87.9 Å². The molecule has 3 rings (SSSR count). The van der Waals surface area contributed by atoms with Gasteiger partial charge >= 0.3 is 5.97 Å². The lowest BCUT2D eigenvalue weighted by atomic mass is 10.2. The number of hydrogen-bond donors (Lipinski definition) is 1. The van der Waals surface area contributed by atoms with Crippen molar-refractivity contribution in [3.8, 4) is 0 Å². The van der Waals surface area contributed by atoms with Gasteiger partial charge < -0.3 is 10.1 Å². The van der Waals surface area contributed by atoms with Crippen molar-refractivity contribution in [1.82, 2.24) is 4.98 Å². The number of hydrogen-bond acceptors (Lipinski definition) is 5. The van der Waals surface area contributed by atoms with Gasteiger partial charge in [-0.25, -0.2) is 9.78 Å². The number of ether oxygens (including phenoxy) is 1. The van der Waals surface area contributed by atoms with Crippen molar-refractivity contribution >= 4 is 35.0 Å². The Hall–Kier alpha value is -3.25. The number of nitrogens with zero attached hydrogens (tertiary/aromatic N) is 1. The van der Waals surface area contributed by atoms with Crippen molar-refractivity contribution in [3.63, 3.8) is 0 Å². The summed E-state index contributed by atoms with van der Waals surface area (Å²) in [5.41, 5.74) is 3.45. The quantitative estimate of drug-likeness (QED) is 0.478. The van der Waals surface area contributed by atoms with Crippen LogP contribution >= 0.6 is 11.3 Å². The molecule has 1 aromatic heterocycles. The van der Waals surface area contributed by atoms with Gasteiger partial charge in [0.25, 0.3) is 0 Å². The van der Waals surface area contributed by atoms with E-state index in [9.17, 15) is 9.59 Å². The Morgan fingerprint density at radius 2 is 1.86 bits per heavy atom. The van der Waals surface area contributed by atoms with Gasteiger partial charge in [-0.2, -0.15) is 0 Å². The van der Waals surface area contributed by atoms with E-state index in [0.29, 0.717) is 10.7 Å². The summed E-state index contributed by atoms with van der Waals surface area (Å²) < 4.78 is 5.19. The molecule has 1 amide bonds. The topological polar surface area (TPSA) is 68.3 Å². The van der Waals surface area contributed by atoms with Crippen LogP contribution in [-0.4, -0.2) is 16.9 Å². The number of anilines is 1. The zero-order valence-corrected chi connectivity index (χ0v) is 16.2. The number of nitrogens with one attached hydrogen (secondary N) is 1. The average Bonchev–Trinajstić information content (AvgIpc) is 3.14. The van der Waals surface area contributed by atoms with Crippen LogP contribution in [0.2, 0.25) is 0 Å². The Morgan fingerprint density at radius 1 is 1.11 bits per heavy atom. The Balaban J connectivity index is 1.46. The van der Waals surface area contributed by atoms with Crippen LogP contribution in [0.25, 0.3) is 6.08 Å². The fraction of sp³-hybridized carbons (Fsp3) is 0.136. The largest absolute Gasteiger partial charge is 0.456 e. The summed E-state index contributed by atoms with van der Waals surface area (Å²) in [6.45, 7) is 2.07. The van der Waals surface area contributed by atoms with Gasteiger partial charge in [0.1, 0.15) is 11.6 Å². The van der Waals surface area contributed by atoms with Crippen molar-refractivity contribution in [2.45, 2.75) is 20.0 Å². The highest BCUT2D eigenvalue weighted by molar-refractivity contribution is 7.09. The molecule has 0 spiro atoms.